The molecule has 0 unspecified atom stereocenters. The molecule has 0 aromatic rings. The second kappa shape index (κ2) is 1.94. The highest BCUT2D eigenvalue weighted by molar-refractivity contribution is 4.82. The first-order valence-corrected chi connectivity index (χ1v) is 3.29. The van der Waals surface area contributed by atoms with Gasteiger partial charge in [-0.3, -0.25) is 0 Å². The van der Waals surface area contributed by atoms with Crippen LogP contribution in [0.3, 0.4) is 0 Å². The van der Waals surface area contributed by atoms with Crippen LogP contribution >= 0.6 is 0 Å². The Hall–Kier alpha value is -0.120. The Kier molecular flexibility index (Phi) is 1.22. The van der Waals surface area contributed by atoms with Crippen LogP contribution < -0.4 is 0 Å². The third kappa shape index (κ3) is 0.764. The molecule has 2 aliphatic rings. The topological polar surface area (TPSA) is 38.7 Å². The predicted octanol–water partition coefficient (Wildman–Crippen LogP) is -0.260. The van der Waals surface area contributed by atoms with Gasteiger partial charge in [-0.25, -0.2) is 0 Å². The molecule has 0 aromatic carbocycles. The largest absolute Gasteiger partial charge is 0.375 e. The van der Waals surface area contributed by atoms with Crippen LogP contribution in [0, 0.1) is 5.92 Å². The van der Waals surface area contributed by atoms with Gasteiger partial charge in [0, 0.05) is 12.5 Å². The molecule has 52 valence electrons. The van der Waals surface area contributed by atoms with Crippen molar-refractivity contribution in [1.82, 2.24) is 0 Å². The number of hydrogen-bond acceptors (Lipinski definition) is 3. The van der Waals surface area contributed by atoms with E-state index in [9.17, 15) is 0 Å². The number of ether oxygens (including phenoxy) is 2. The van der Waals surface area contributed by atoms with Crippen molar-refractivity contribution >= 4 is 0 Å². The molecule has 3 heteroatoms. The van der Waals surface area contributed by atoms with E-state index in [1.165, 1.54) is 0 Å². The summed E-state index contributed by atoms with van der Waals surface area (Å²) in [6, 6.07) is 0. The van der Waals surface area contributed by atoms with E-state index < -0.39 is 6.29 Å². The zero-order chi connectivity index (χ0) is 6.27. The molecule has 0 aromatic heterocycles. The minimum Gasteiger partial charge on any atom is -0.375 e. The minimum absolute atomic E-state index is 0.181. The molecule has 0 aliphatic carbocycles. The van der Waals surface area contributed by atoms with Crippen molar-refractivity contribution in [2.45, 2.75) is 18.8 Å². The van der Waals surface area contributed by atoms with Crippen molar-refractivity contribution in [1.29, 1.82) is 0 Å². The molecule has 0 amide bonds. The van der Waals surface area contributed by atoms with E-state index in [-0.39, 0.29) is 12.0 Å². The molecular formula is C6H10O3. The molecule has 2 saturated heterocycles. The molecule has 3 nitrogen and oxygen atoms in total. The highest BCUT2D eigenvalue weighted by Crippen LogP contribution is 2.30. The fraction of sp³-hybridized carbons (Fsp3) is 1.00. The summed E-state index contributed by atoms with van der Waals surface area (Å²) in [5.74, 6) is 0.255. The van der Waals surface area contributed by atoms with Crippen LogP contribution in [0.15, 0.2) is 0 Å². The lowest BCUT2D eigenvalue weighted by atomic mass is 10.0. The number of aliphatic hydroxyl groups excluding tert-OH is 1. The van der Waals surface area contributed by atoms with Gasteiger partial charge in [0.05, 0.1) is 12.7 Å². The van der Waals surface area contributed by atoms with Crippen LogP contribution in [0.25, 0.3) is 0 Å². The fourth-order valence-electron chi connectivity index (χ4n) is 1.48. The summed E-state index contributed by atoms with van der Waals surface area (Å²) in [5.41, 5.74) is 0. The Morgan fingerprint density at radius 1 is 1.33 bits per heavy atom. The minimum atomic E-state index is -0.558. The van der Waals surface area contributed by atoms with E-state index in [4.69, 9.17) is 14.6 Å². The maximum absolute atomic E-state index is 9.10. The summed E-state index contributed by atoms with van der Waals surface area (Å²) in [6.07, 6.45) is 0.573. The summed E-state index contributed by atoms with van der Waals surface area (Å²) in [4.78, 5) is 0. The van der Waals surface area contributed by atoms with Gasteiger partial charge in [-0.1, -0.05) is 0 Å². The van der Waals surface area contributed by atoms with Crippen molar-refractivity contribution in [2.75, 3.05) is 13.2 Å². The first-order valence-electron chi connectivity index (χ1n) is 3.29. The molecule has 2 aliphatic heterocycles. The van der Waals surface area contributed by atoms with Crippen molar-refractivity contribution in [3.05, 3.63) is 0 Å². The van der Waals surface area contributed by atoms with Crippen molar-refractivity contribution in [2.24, 2.45) is 5.92 Å². The average molecular weight is 130 g/mol. The van der Waals surface area contributed by atoms with Gasteiger partial charge >= 0.3 is 0 Å². The molecule has 0 spiro atoms. The van der Waals surface area contributed by atoms with Gasteiger partial charge in [-0.15, -0.1) is 0 Å². The van der Waals surface area contributed by atoms with Gasteiger partial charge in [0.25, 0.3) is 0 Å². The van der Waals surface area contributed by atoms with Gasteiger partial charge in [0.15, 0.2) is 6.29 Å². The molecule has 9 heavy (non-hydrogen) atoms. The molecule has 1 N–H and O–H groups in total. The Labute approximate surface area is 53.6 Å². The highest BCUT2D eigenvalue weighted by atomic mass is 16.6. The lowest BCUT2D eigenvalue weighted by molar-refractivity contribution is -0.0842. The smallest absolute Gasteiger partial charge is 0.160 e. The van der Waals surface area contributed by atoms with Gasteiger partial charge in [0.1, 0.15) is 0 Å². The van der Waals surface area contributed by atoms with Gasteiger partial charge < -0.3 is 14.6 Å². The number of hydrogen-bond donors (Lipinski definition) is 1. The maximum atomic E-state index is 9.10. The van der Waals surface area contributed by atoms with Crippen LogP contribution in [0.4, 0.5) is 0 Å². The average Bonchev–Trinajstić information content (AvgIpc) is 2.35. The molecule has 2 rings (SSSR count). The lowest BCUT2D eigenvalue weighted by Gasteiger charge is -2.06. The fourth-order valence-corrected chi connectivity index (χ4v) is 1.48. The summed E-state index contributed by atoms with van der Waals surface area (Å²) in [7, 11) is 0. The second-order valence-electron chi connectivity index (χ2n) is 2.59. The zero-order valence-electron chi connectivity index (χ0n) is 5.12. The number of fused-ring (bicyclic) bond motifs is 1. The maximum Gasteiger partial charge on any atom is 0.160 e. The van der Waals surface area contributed by atoms with Crippen molar-refractivity contribution in [3.8, 4) is 0 Å². The SMILES string of the molecule is O[C@H]1OC[C@H]2OCC[C@@H]12. The summed E-state index contributed by atoms with van der Waals surface area (Å²) < 4.78 is 10.2. The molecule has 3 atom stereocenters. The Morgan fingerprint density at radius 3 is 3.00 bits per heavy atom. The number of rotatable bonds is 0. The standard InChI is InChI=1S/C6H10O3/c7-6-4-1-2-8-5(4)3-9-6/h4-7H,1-3H2/t4-,5-,6+/m1/s1. The monoisotopic (exact) mass is 130 g/mol. The molecule has 2 heterocycles. The predicted molar refractivity (Wildman–Crippen MR) is 29.8 cm³/mol. The third-order valence-electron chi connectivity index (χ3n) is 2.06. The van der Waals surface area contributed by atoms with E-state index in [1.54, 1.807) is 0 Å². The Bertz CT molecular complexity index is 115. The first-order chi connectivity index (χ1) is 4.38. The normalized spacial score (nSPS) is 49.7. The van der Waals surface area contributed by atoms with Gasteiger partial charge in [0.2, 0.25) is 0 Å². The van der Waals surface area contributed by atoms with E-state index in [0.29, 0.717) is 6.61 Å². The van der Waals surface area contributed by atoms with Crippen LogP contribution in [0.1, 0.15) is 6.42 Å². The van der Waals surface area contributed by atoms with Gasteiger partial charge in [-0.05, 0) is 6.42 Å². The van der Waals surface area contributed by atoms with Crippen LogP contribution in [0.5, 0.6) is 0 Å². The Balaban J connectivity index is 2.07. The molecule has 0 bridgehead atoms. The van der Waals surface area contributed by atoms with Gasteiger partial charge in [-0.2, -0.15) is 0 Å². The van der Waals surface area contributed by atoms with E-state index >= 15 is 0 Å². The van der Waals surface area contributed by atoms with E-state index in [2.05, 4.69) is 0 Å². The summed E-state index contributed by atoms with van der Waals surface area (Å²) >= 11 is 0. The molecular weight excluding hydrogens is 120 g/mol. The first kappa shape index (κ1) is 5.65. The summed E-state index contributed by atoms with van der Waals surface area (Å²) in [6.45, 7) is 1.36. The van der Waals surface area contributed by atoms with Crippen LogP contribution in [0.2, 0.25) is 0 Å². The molecule has 0 radical (unpaired) electrons. The third-order valence-corrected chi connectivity index (χ3v) is 2.06. The summed E-state index contributed by atoms with van der Waals surface area (Å²) in [5, 5.41) is 9.10. The second-order valence-corrected chi connectivity index (χ2v) is 2.59. The van der Waals surface area contributed by atoms with E-state index in [1.807, 2.05) is 0 Å². The van der Waals surface area contributed by atoms with Crippen LogP contribution in [-0.2, 0) is 9.47 Å². The Morgan fingerprint density at radius 2 is 2.22 bits per heavy atom. The lowest BCUT2D eigenvalue weighted by Crippen LogP contribution is -2.18. The number of aliphatic hydroxyl groups is 1. The quantitative estimate of drug-likeness (QED) is 0.491. The highest BCUT2D eigenvalue weighted by Gasteiger charge is 2.40. The zero-order valence-corrected chi connectivity index (χ0v) is 5.12. The van der Waals surface area contributed by atoms with E-state index in [0.717, 1.165) is 13.0 Å². The van der Waals surface area contributed by atoms with Crippen molar-refractivity contribution < 1.29 is 14.6 Å². The van der Waals surface area contributed by atoms with Crippen molar-refractivity contribution in [3.63, 3.8) is 0 Å². The molecule has 2 fully saturated rings. The molecule has 0 saturated carbocycles. The van der Waals surface area contributed by atoms with Crippen LogP contribution in [-0.4, -0.2) is 30.7 Å².